The molecule has 0 fully saturated rings. The van der Waals surface area contributed by atoms with Crippen LogP contribution in [0, 0.1) is 5.92 Å². The predicted octanol–water partition coefficient (Wildman–Crippen LogP) is 14.1. The second-order valence-electron chi connectivity index (χ2n) is 15.7. The van der Waals surface area contributed by atoms with E-state index in [4.69, 9.17) is 0 Å². The summed E-state index contributed by atoms with van der Waals surface area (Å²) in [5.74, 6) is 0.0974. The largest absolute Gasteiger partial charge is 0.317 e. The second-order valence-corrected chi connectivity index (χ2v) is 15.7. The summed E-state index contributed by atoms with van der Waals surface area (Å²) in [5.41, 5.74) is 15.0. The highest BCUT2D eigenvalue weighted by molar-refractivity contribution is 6.03. The number of nitrogens with zero attached hydrogens (tertiary/aromatic N) is 1. The standard InChI is InChI=1S/C54H47N/c1-5-20-40(6-2)54(41-23-8-7-9-24-41)50-31-17-15-28-46(50)47-33-32-42(36-51(47)54)55(34-19-18-22-39-37-53(3,4)49-30-16-14-26-44(39)49)52-35-38-21-10-11-25-43(38)45-27-12-13-29-48(45)52/h5-9,11-19,22-37,40H,1-2,10,20-21H2,3-4H3/b22-18-,34-19+. The van der Waals surface area contributed by atoms with Gasteiger partial charge in [0, 0.05) is 22.7 Å². The third kappa shape index (κ3) is 5.61. The summed E-state index contributed by atoms with van der Waals surface area (Å²) in [6, 6.07) is 47.3. The highest BCUT2D eigenvalue weighted by Crippen LogP contribution is 2.58. The zero-order valence-electron chi connectivity index (χ0n) is 31.9. The molecular weight excluding hydrogens is 663 g/mol. The molecule has 9 rings (SSSR count). The van der Waals surface area contributed by atoms with Crippen molar-refractivity contribution in [3.63, 3.8) is 0 Å². The van der Waals surface area contributed by atoms with E-state index in [1.54, 1.807) is 0 Å². The van der Waals surface area contributed by atoms with Crippen LogP contribution in [-0.4, -0.2) is 0 Å². The summed E-state index contributed by atoms with van der Waals surface area (Å²) < 4.78 is 0. The van der Waals surface area contributed by atoms with Crippen molar-refractivity contribution >= 4 is 33.8 Å². The van der Waals surface area contributed by atoms with Gasteiger partial charge in [-0.1, -0.05) is 166 Å². The zero-order chi connectivity index (χ0) is 37.6. The number of aryl methyl sites for hydroxylation is 1. The number of hydrogen-bond donors (Lipinski definition) is 0. The smallest absolute Gasteiger partial charge is 0.0537 e. The maximum Gasteiger partial charge on any atom is 0.0537 e. The lowest BCUT2D eigenvalue weighted by Crippen LogP contribution is -2.35. The van der Waals surface area contributed by atoms with Crippen molar-refractivity contribution in [1.29, 1.82) is 0 Å². The molecule has 2 atom stereocenters. The molecule has 0 spiro atoms. The van der Waals surface area contributed by atoms with Crippen molar-refractivity contribution < 1.29 is 0 Å². The number of hydrogen-bond acceptors (Lipinski definition) is 1. The third-order valence-electron chi connectivity index (χ3n) is 12.2. The number of allylic oxidation sites excluding steroid dienone is 8. The summed E-state index contributed by atoms with van der Waals surface area (Å²) in [4.78, 5) is 2.42. The van der Waals surface area contributed by atoms with E-state index in [2.05, 4.69) is 214 Å². The average Bonchev–Trinajstić information content (AvgIpc) is 3.67. The van der Waals surface area contributed by atoms with Crippen LogP contribution in [0.5, 0.6) is 0 Å². The van der Waals surface area contributed by atoms with E-state index < -0.39 is 5.41 Å². The molecule has 0 aliphatic heterocycles. The van der Waals surface area contributed by atoms with Crippen LogP contribution in [-0.2, 0) is 17.3 Å². The van der Waals surface area contributed by atoms with E-state index in [1.165, 1.54) is 72.1 Å². The summed E-state index contributed by atoms with van der Waals surface area (Å²) in [5, 5.41) is 2.53. The first-order chi connectivity index (χ1) is 27.0. The van der Waals surface area contributed by atoms with Gasteiger partial charge in [0.2, 0.25) is 0 Å². The summed E-state index contributed by atoms with van der Waals surface area (Å²) in [6.07, 6.45) is 23.1. The van der Waals surface area contributed by atoms with Crippen molar-refractivity contribution in [2.45, 2.75) is 43.9 Å². The Labute approximate surface area is 326 Å². The minimum Gasteiger partial charge on any atom is -0.317 e. The van der Waals surface area contributed by atoms with E-state index in [0.717, 1.165) is 24.9 Å². The van der Waals surface area contributed by atoms with E-state index in [9.17, 15) is 0 Å². The Bertz CT molecular complexity index is 2590. The lowest BCUT2D eigenvalue weighted by Gasteiger charge is -2.39. The van der Waals surface area contributed by atoms with Crippen LogP contribution in [0.15, 0.2) is 189 Å². The van der Waals surface area contributed by atoms with Crippen LogP contribution < -0.4 is 4.90 Å². The fourth-order valence-electron chi connectivity index (χ4n) is 9.76. The number of rotatable bonds is 10. The van der Waals surface area contributed by atoms with Crippen molar-refractivity contribution in [3.05, 3.63) is 228 Å². The van der Waals surface area contributed by atoms with Gasteiger partial charge in [0.05, 0.1) is 11.1 Å². The second kappa shape index (κ2) is 13.9. The van der Waals surface area contributed by atoms with Gasteiger partial charge in [-0.25, -0.2) is 0 Å². The molecular formula is C54H47N. The minimum atomic E-state index is -0.438. The van der Waals surface area contributed by atoms with Crippen molar-refractivity contribution in [2.75, 3.05) is 4.90 Å². The van der Waals surface area contributed by atoms with Crippen LogP contribution in [0.25, 0.3) is 33.5 Å². The van der Waals surface area contributed by atoms with Gasteiger partial charge in [-0.2, -0.15) is 0 Å². The number of anilines is 2. The maximum absolute atomic E-state index is 4.44. The molecule has 55 heavy (non-hydrogen) atoms. The van der Waals surface area contributed by atoms with Gasteiger partial charge in [-0.05, 0) is 110 Å². The highest BCUT2D eigenvalue weighted by Gasteiger charge is 2.48. The summed E-state index contributed by atoms with van der Waals surface area (Å²) >= 11 is 0. The van der Waals surface area contributed by atoms with E-state index in [0.29, 0.717) is 0 Å². The fourth-order valence-corrected chi connectivity index (χ4v) is 9.76. The van der Waals surface area contributed by atoms with Gasteiger partial charge in [-0.3, -0.25) is 0 Å². The van der Waals surface area contributed by atoms with Crippen LogP contribution in [0.4, 0.5) is 11.4 Å². The van der Waals surface area contributed by atoms with Crippen molar-refractivity contribution in [2.24, 2.45) is 5.92 Å². The Balaban J connectivity index is 1.25. The molecule has 0 saturated heterocycles. The molecule has 0 N–H and O–H groups in total. The van der Waals surface area contributed by atoms with Crippen LogP contribution in [0.3, 0.4) is 0 Å². The summed E-state index contributed by atoms with van der Waals surface area (Å²) in [6.45, 7) is 13.3. The Hall–Kier alpha value is -6.18. The van der Waals surface area contributed by atoms with Gasteiger partial charge in [0.15, 0.2) is 0 Å². The first-order valence-electron chi connectivity index (χ1n) is 19.7. The molecule has 0 heterocycles. The zero-order valence-corrected chi connectivity index (χ0v) is 31.9. The van der Waals surface area contributed by atoms with E-state index >= 15 is 0 Å². The molecule has 6 aromatic carbocycles. The Morgan fingerprint density at radius 1 is 0.709 bits per heavy atom. The average molecular weight is 710 g/mol. The monoisotopic (exact) mass is 709 g/mol. The first kappa shape index (κ1) is 34.6. The Kier molecular flexibility index (Phi) is 8.74. The molecule has 0 amide bonds. The lowest BCUT2D eigenvalue weighted by molar-refractivity contribution is 0.461. The SMILES string of the molecule is C=CCC(C=C)C1(c2ccccc2)c2ccccc2-c2ccc(N(/C=C/C=C\C3=CC(C)(C)c4ccccc43)c3cc4c(c5ccccc35)C=CCC4)cc21. The molecule has 0 aromatic heterocycles. The molecule has 0 radical (unpaired) electrons. The lowest BCUT2D eigenvalue weighted by atomic mass is 9.63. The summed E-state index contributed by atoms with van der Waals surface area (Å²) in [7, 11) is 0. The third-order valence-corrected chi connectivity index (χ3v) is 12.2. The van der Waals surface area contributed by atoms with Gasteiger partial charge in [0.1, 0.15) is 0 Å². The van der Waals surface area contributed by atoms with Crippen LogP contribution in [0.1, 0.15) is 65.6 Å². The molecule has 1 heteroatoms. The molecule has 2 unspecified atom stereocenters. The van der Waals surface area contributed by atoms with Gasteiger partial charge < -0.3 is 4.90 Å². The van der Waals surface area contributed by atoms with Crippen molar-refractivity contribution in [1.82, 2.24) is 0 Å². The van der Waals surface area contributed by atoms with Gasteiger partial charge in [0.25, 0.3) is 0 Å². The number of fused-ring (bicyclic) bond motifs is 7. The van der Waals surface area contributed by atoms with Crippen LogP contribution >= 0.6 is 0 Å². The first-order valence-corrected chi connectivity index (χ1v) is 19.7. The number of benzene rings is 6. The molecule has 3 aliphatic carbocycles. The Morgan fingerprint density at radius 3 is 2.22 bits per heavy atom. The van der Waals surface area contributed by atoms with Gasteiger partial charge >= 0.3 is 0 Å². The maximum atomic E-state index is 4.44. The highest BCUT2D eigenvalue weighted by atomic mass is 15.1. The molecule has 1 nitrogen and oxygen atoms in total. The van der Waals surface area contributed by atoms with Gasteiger partial charge in [-0.15, -0.1) is 13.2 Å². The van der Waals surface area contributed by atoms with E-state index in [-0.39, 0.29) is 11.3 Å². The quantitative estimate of drug-likeness (QED) is 0.101. The topological polar surface area (TPSA) is 3.24 Å². The molecule has 0 bridgehead atoms. The Morgan fingerprint density at radius 2 is 1.42 bits per heavy atom. The molecule has 0 saturated carbocycles. The molecule has 268 valence electrons. The molecule has 3 aliphatic rings. The normalized spacial score (nSPS) is 18.1. The van der Waals surface area contributed by atoms with E-state index in [1.807, 2.05) is 0 Å². The minimum absolute atomic E-state index is 0.00461. The molecule has 6 aromatic rings. The predicted molar refractivity (Wildman–Crippen MR) is 236 cm³/mol. The fraction of sp³-hybridized carbons (Fsp3) is 0.148. The van der Waals surface area contributed by atoms with Crippen molar-refractivity contribution in [3.8, 4) is 11.1 Å². The van der Waals surface area contributed by atoms with Crippen LogP contribution in [0.2, 0.25) is 0 Å².